The van der Waals surface area contributed by atoms with E-state index in [-0.39, 0.29) is 12.1 Å². The normalized spacial score (nSPS) is 15.2. The van der Waals surface area contributed by atoms with Gasteiger partial charge in [-0.15, -0.1) is 0 Å². The fraction of sp³-hybridized carbons (Fsp3) is 0.500. The first-order valence-corrected chi connectivity index (χ1v) is 17.9. The van der Waals surface area contributed by atoms with E-state index in [1.54, 1.807) is 9.45 Å². The van der Waals surface area contributed by atoms with Crippen molar-refractivity contribution >= 4 is 6.66 Å². The van der Waals surface area contributed by atoms with Crippen molar-refractivity contribution < 1.29 is 23.1 Å². The molecule has 0 amide bonds. The van der Waals surface area contributed by atoms with Crippen molar-refractivity contribution in [2.24, 2.45) is 10.8 Å². The molecule has 1 aliphatic rings. The number of para-hydroxylation sites is 1. The molecule has 0 aliphatic heterocycles. The summed E-state index contributed by atoms with van der Waals surface area (Å²) in [6, 6.07) is 9.96. The molecule has 0 saturated heterocycles. The zero-order valence-corrected chi connectivity index (χ0v) is 24.3. The van der Waals surface area contributed by atoms with Gasteiger partial charge in [0.2, 0.25) is 0 Å². The summed E-state index contributed by atoms with van der Waals surface area (Å²) >= 11 is 0.302. The summed E-state index contributed by atoms with van der Waals surface area (Å²) in [4.78, 5) is 0. The van der Waals surface area contributed by atoms with Crippen molar-refractivity contribution in [2.45, 2.75) is 74.9 Å². The van der Waals surface area contributed by atoms with Gasteiger partial charge in [0, 0.05) is 0 Å². The average Bonchev–Trinajstić information content (AvgIpc) is 3.13. The number of allylic oxidation sites excluding steroid dienone is 7. The molecule has 0 fully saturated rings. The van der Waals surface area contributed by atoms with Crippen LogP contribution in [0.2, 0.25) is 13.1 Å². The van der Waals surface area contributed by atoms with Crippen molar-refractivity contribution in [1.29, 1.82) is 0 Å². The zero-order valence-electron chi connectivity index (χ0n) is 21.6. The van der Waals surface area contributed by atoms with Gasteiger partial charge in [-0.25, -0.2) is 0 Å². The molecule has 1 aromatic carbocycles. The topological polar surface area (TPSA) is 9.23 Å². The molecule has 2 rings (SSSR count). The maximum absolute atomic E-state index is 5.84. The van der Waals surface area contributed by atoms with E-state index in [9.17, 15) is 0 Å². The van der Waals surface area contributed by atoms with Gasteiger partial charge >= 0.3 is 92.4 Å². The number of rotatable bonds is 6. The molecule has 1 nitrogen and oxygen atoms in total. The molecular weight excluding hydrogens is 428 g/mol. The summed E-state index contributed by atoms with van der Waals surface area (Å²) in [7, 11) is 0. The fourth-order valence-corrected chi connectivity index (χ4v) is 8.79. The Balaban J connectivity index is 0.000000327. The van der Waals surface area contributed by atoms with Crippen LogP contribution in [0, 0.1) is 10.8 Å². The Hall–Kier alpha value is -1.09. The Morgan fingerprint density at radius 1 is 1.06 bits per heavy atom. The van der Waals surface area contributed by atoms with Crippen LogP contribution in [0.15, 0.2) is 75.2 Å². The van der Waals surface area contributed by atoms with Crippen LogP contribution in [0.5, 0.6) is 5.75 Å². The van der Waals surface area contributed by atoms with Crippen molar-refractivity contribution in [1.82, 2.24) is 0 Å². The van der Waals surface area contributed by atoms with Crippen LogP contribution in [0.1, 0.15) is 61.8 Å². The van der Waals surface area contributed by atoms with Crippen LogP contribution >= 0.6 is 0 Å². The van der Waals surface area contributed by atoms with E-state index in [2.05, 4.69) is 92.8 Å². The van der Waals surface area contributed by atoms with Crippen LogP contribution < -0.4 is 4.74 Å². The fourth-order valence-electron chi connectivity index (χ4n) is 3.03. The summed E-state index contributed by atoms with van der Waals surface area (Å²) in [6.45, 7) is 23.1. The van der Waals surface area contributed by atoms with Crippen molar-refractivity contribution in [3.05, 3.63) is 75.2 Å². The molecule has 0 unspecified atom stereocenters. The molecule has 1 aliphatic carbocycles. The maximum atomic E-state index is 5.84. The Labute approximate surface area is 202 Å². The number of hydrogen-bond donors (Lipinski definition) is 0. The van der Waals surface area contributed by atoms with E-state index in [0.29, 0.717) is 30.4 Å². The summed E-state index contributed by atoms with van der Waals surface area (Å²) in [5, 5.41) is 0. The molecule has 0 heterocycles. The van der Waals surface area contributed by atoms with Crippen molar-refractivity contribution in [2.75, 3.05) is 6.61 Å². The van der Waals surface area contributed by atoms with Crippen molar-refractivity contribution in [3.63, 3.8) is 0 Å². The summed E-state index contributed by atoms with van der Waals surface area (Å²) in [5.41, 5.74) is 4.64. The van der Waals surface area contributed by atoms with Gasteiger partial charge < -0.3 is 4.74 Å². The quantitative estimate of drug-likeness (QED) is 0.299. The van der Waals surface area contributed by atoms with Crippen LogP contribution in [0.4, 0.5) is 0 Å². The van der Waals surface area contributed by atoms with Gasteiger partial charge in [-0.3, -0.25) is 0 Å². The third-order valence-electron chi connectivity index (χ3n) is 5.17. The zero-order chi connectivity index (χ0) is 23.7. The number of hydrogen-bond acceptors (Lipinski definition) is 1. The van der Waals surface area contributed by atoms with Crippen LogP contribution in [-0.4, -0.2) is 13.3 Å². The van der Waals surface area contributed by atoms with E-state index in [1.807, 2.05) is 30.3 Å². The third kappa shape index (κ3) is 11.4. The Morgan fingerprint density at radius 2 is 1.68 bits per heavy atom. The van der Waals surface area contributed by atoms with E-state index >= 15 is 0 Å². The standard InChI is InChI=1S/C17H24O.C9H13.C2H7Si.Ti/c1-6-14(2)12-15(17(3,4)5)13-18-16-10-8-7-9-11-16;1-9(2,3)8-6-4-5-7-8;1-3-2;/h6-12H,13H2,1-5H3;6-7H,4H2,1-3H3;3H,1-2H3;. The molecule has 0 radical (unpaired) electrons. The second kappa shape index (κ2) is 12.8. The van der Waals surface area contributed by atoms with E-state index < -0.39 is 0 Å². The SMILES string of the molecule is CC=C(C)C=C(COc1ccccc1)C(C)(C)C.C[SiH](C)[Ti][C]1=CC(C(C)(C)C)=CC1. The average molecular weight is 473 g/mol. The van der Waals surface area contributed by atoms with Crippen LogP contribution in [-0.2, 0) is 18.4 Å². The van der Waals surface area contributed by atoms with Crippen LogP contribution in [0.3, 0.4) is 0 Å². The Kier molecular flexibility index (Phi) is 11.6. The molecule has 0 aromatic heterocycles. The van der Waals surface area contributed by atoms with Gasteiger partial charge in [-0.1, -0.05) is 56.7 Å². The minimum absolute atomic E-state index is 0.124. The molecule has 0 spiro atoms. The molecule has 170 valence electrons. The third-order valence-corrected chi connectivity index (χ3v) is 11.1. The first-order chi connectivity index (χ1) is 14.3. The summed E-state index contributed by atoms with van der Waals surface area (Å²) in [6.07, 6.45) is 10.6. The molecule has 31 heavy (non-hydrogen) atoms. The predicted octanol–water partition coefficient (Wildman–Crippen LogP) is 8.32. The molecule has 1 aromatic rings. The van der Waals surface area contributed by atoms with Crippen molar-refractivity contribution in [3.8, 4) is 5.75 Å². The van der Waals surface area contributed by atoms with Gasteiger partial charge in [0.15, 0.2) is 0 Å². The molecule has 0 saturated carbocycles. The first kappa shape index (κ1) is 27.9. The molecule has 3 heteroatoms. The summed E-state index contributed by atoms with van der Waals surface area (Å²) in [5.74, 6) is 0.922. The second-order valence-electron chi connectivity index (χ2n) is 10.6. The Bertz CT molecular complexity index is 800. The van der Waals surface area contributed by atoms with E-state index in [0.717, 1.165) is 5.75 Å². The molecule has 0 N–H and O–H groups in total. The molecule has 0 bridgehead atoms. The monoisotopic (exact) mass is 472 g/mol. The Morgan fingerprint density at radius 3 is 2.13 bits per heavy atom. The first-order valence-electron chi connectivity index (χ1n) is 11.5. The molecular formula is C28H44OSiTi. The summed E-state index contributed by atoms with van der Waals surface area (Å²) < 4.78 is 7.64. The molecule has 0 atom stereocenters. The van der Waals surface area contributed by atoms with E-state index in [4.69, 9.17) is 4.74 Å². The van der Waals surface area contributed by atoms with Gasteiger partial charge in [-0.2, -0.15) is 0 Å². The van der Waals surface area contributed by atoms with Gasteiger partial charge in [0.1, 0.15) is 12.4 Å². The predicted molar refractivity (Wildman–Crippen MR) is 138 cm³/mol. The van der Waals surface area contributed by atoms with Gasteiger partial charge in [-0.05, 0) is 37.0 Å². The number of benzene rings is 1. The van der Waals surface area contributed by atoms with Gasteiger partial charge in [0.25, 0.3) is 0 Å². The van der Waals surface area contributed by atoms with Gasteiger partial charge in [0.05, 0.1) is 0 Å². The van der Waals surface area contributed by atoms with Crippen LogP contribution in [0.25, 0.3) is 0 Å². The van der Waals surface area contributed by atoms with E-state index in [1.165, 1.54) is 17.6 Å². The second-order valence-corrected chi connectivity index (χ2v) is 21.0. The number of ether oxygens (including phenoxy) is 1. The minimum atomic E-state index is -0.282.